The summed E-state index contributed by atoms with van der Waals surface area (Å²) in [5.74, 6) is 0.131. The summed E-state index contributed by atoms with van der Waals surface area (Å²) in [4.78, 5) is 28.8. The number of benzene rings is 5. The lowest BCUT2D eigenvalue weighted by Gasteiger charge is -2.26. The Kier molecular flexibility index (Phi) is 7.98. The van der Waals surface area contributed by atoms with Crippen LogP contribution in [-0.4, -0.2) is 16.8 Å². The molecule has 0 aliphatic carbocycles. The van der Waals surface area contributed by atoms with Gasteiger partial charge < -0.3 is 14.6 Å². The predicted octanol–water partition coefficient (Wildman–Crippen LogP) is 8.30. The van der Waals surface area contributed by atoms with Gasteiger partial charge in [-0.25, -0.2) is 0 Å². The van der Waals surface area contributed by atoms with Gasteiger partial charge in [0.05, 0.1) is 11.6 Å². The van der Waals surface area contributed by atoms with Gasteiger partial charge in [0, 0.05) is 11.3 Å². The number of anilines is 1. The lowest BCUT2D eigenvalue weighted by atomic mass is 9.94. The molecule has 0 spiro atoms. The Bertz CT molecular complexity index is 1860. The van der Waals surface area contributed by atoms with Crippen LogP contribution in [0.15, 0.2) is 133 Å². The van der Waals surface area contributed by atoms with E-state index >= 15 is 0 Å². The molecule has 6 nitrogen and oxygen atoms in total. The number of hydrogen-bond acceptors (Lipinski definition) is 5. The van der Waals surface area contributed by atoms with Gasteiger partial charge in [-0.2, -0.15) is 0 Å². The summed E-state index contributed by atoms with van der Waals surface area (Å²) >= 11 is 0. The van der Waals surface area contributed by atoms with Crippen molar-refractivity contribution in [2.45, 2.75) is 26.5 Å². The monoisotopic (exact) mass is 581 g/mol. The zero-order chi connectivity index (χ0) is 30.6. The maximum Gasteiger partial charge on any atom is 0.300 e. The second kappa shape index (κ2) is 12.3. The van der Waals surface area contributed by atoms with Crippen molar-refractivity contribution in [2.24, 2.45) is 0 Å². The van der Waals surface area contributed by atoms with Gasteiger partial charge in [-0.1, -0.05) is 72.8 Å². The maximum absolute atomic E-state index is 13.7. The van der Waals surface area contributed by atoms with E-state index in [9.17, 15) is 14.7 Å². The Morgan fingerprint density at radius 1 is 0.750 bits per heavy atom. The Labute approximate surface area is 256 Å². The molecule has 6 rings (SSSR count). The van der Waals surface area contributed by atoms with Crippen molar-refractivity contribution < 1.29 is 24.2 Å². The van der Waals surface area contributed by atoms with Gasteiger partial charge in [0.1, 0.15) is 29.6 Å². The quantitative estimate of drug-likeness (QED) is 0.113. The number of hydrogen-bond donors (Lipinski definition) is 1. The van der Waals surface area contributed by atoms with E-state index in [1.54, 1.807) is 30.3 Å². The zero-order valence-corrected chi connectivity index (χ0v) is 24.4. The lowest BCUT2D eigenvalue weighted by molar-refractivity contribution is -0.132. The molecule has 1 saturated heterocycles. The van der Waals surface area contributed by atoms with Crippen LogP contribution in [0, 0.1) is 13.8 Å². The molecule has 0 radical (unpaired) electrons. The molecular formula is C38H31NO5. The van der Waals surface area contributed by atoms with Crippen LogP contribution in [0.4, 0.5) is 5.69 Å². The number of Topliss-reactive ketones (excluding diaryl/α,β-unsaturated/α-hetero) is 1. The number of aliphatic hydroxyl groups is 1. The van der Waals surface area contributed by atoms with Gasteiger partial charge in [0.15, 0.2) is 0 Å². The zero-order valence-electron chi connectivity index (χ0n) is 24.4. The van der Waals surface area contributed by atoms with Gasteiger partial charge in [-0.05, 0) is 90.7 Å². The van der Waals surface area contributed by atoms with Gasteiger partial charge >= 0.3 is 0 Å². The van der Waals surface area contributed by atoms with Crippen LogP contribution in [0.25, 0.3) is 5.76 Å². The molecule has 1 unspecified atom stereocenters. The van der Waals surface area contributed by atoms with Crippen molar-refractivity contribution in [1.29, 1.82) is 0 Å². The van der Waals surface area contributed by atoms with E-state index < -0.39 is 17.7 Å². The molecule has 218 valence electrons. The first-order valence-electron chi connectivity index (χ1n) is 14.4. The molecule has 1 atom stereocenters. The molecule has 5 aromatic rings. The normalized spacial score (nSPS) is 15.8. The molecule has 1 N–H and O–H groups in total. The van der Waals surface area contributed by atoms with Crippen LogP contribution in [-0.2, 0) is 16.2 Å². The SMILES string of the molecule is Cc1cccc(N2C(=O)C(=O)/C(=C(/O)c3ccc(OCc4ccccc4)c(C)c3)C2c2cccc(Oc3ccccc3)c2)c1. The first kappa shape index (κ1) is 28.5. The first-order valence-corrected chi connectivity index (χ1v) is 14.4. The number of ketones is 1. The number of carbonyl (C=O) groups is 2. The van der Waals surface area contributed by atoms with Gasteiger partial charge in [0.25, 0.3) is 11.7 Å². The third-order valence-corrected chi connectivity index (χ3v) is 7.56. The molecule has 6 heteroatoms. The Hall–Kier alpha value is -5.62. The van der Waals surface area contributed by atoms with Crippen LogP contribution in [0.3, 0.4) is 0 Å². The fourth-order valence-electron chi connectivity index (χ4n) is 5.41. The minimum atomic E-state index is -0.884. The summed E-state index contributed by atoms with van der Waals surface area (Å²) in [6.45, 7) is 4.20. The summed E-state index contributed by atoms with van der Waals surface area (Å²) in [6, 6.07) is 38.2. The number of aryl methyl sites for hydroxylation is 2. The molecule has 44 heavy (non-hydrogen) atoms. The summed E-state index contributed by atoms with van der Waals surface area (Å²) in [5, 5.41) is 11.7. The summed E-state index contributed by atoms with van der Waals surface area (Å²) < 4.78 is 12.1. The third-order valence-electron chi connectivity index (χ3n) is 7.56. The fraction of sp³-hybridized carbons (Fsp3) is 0.105. The van der Waals surface area contributed by atoms with Crippen molar-refractivity contribution >= 4 is 23.1 Å². The highest BCUT2D eigenvalue weighted by atomic mass is 16.5. The largest absolute Gasteiger partial charge is 0.507 e. The fourth-order valence-corrected chi connectivity index (χ4v) is 5.41. The molecule has 0 aromatic heterocycles. The van der Waals surface area contributed by atoms with E-state index in [0.29, 0.717) is 40.7 Å². The van der Waals surface area contributed by atoms with Crippen molar-refractivity contribution in [1.82, 2.24) is 0 Å². The highest BCUT2D eigenvalue weighted by Crippen LogP contribution is 2.43. The van der Waals surface area contributed by atoms with E-state index in [1.165, 1.54) is 4.90 Å². The number of nitrogens with zero attached hydrogens (tertiary/aromatic N) is 1. The second-order valence-corrected chi connectivity index (χ2v) is 10.8. The molecule has 0 bridgehead atoms. The van der Waals surface area contributed by atoms with Crippen molar-refractivity contribution in [3.8, 4) is 17.2 Å². The average molecular weight is 582 g/mol. The maximum atomic E-state index is 13.7. The summed E-state index contributed by atoms with van der Waals surface area (Å²) in [5.41, 5.74) is 4.36. The van der Waals surface area contributed by atoms with E-state index in [1.807, 2.05) is 111 Å². The Morgan fingerprint density at radius 3 is 2.18 bits per heavy atom. The van der Waals surface area contributed by atoms with Crippen molar-refractivity contribution in [3.63, 3.8) is 0 Å². The van der Waals surface area contributed by atoms with E-state index in [-0.39, 0.29) is 11.3 Å². The average Bonchev–Trinajstić information content (AvgIpc) is 3.31. The minimum absolute atomic E-state index is 0.00530. The first-order chi connectivity index (χ1) is 21.4. The van der Waals surface area contributed by atoms with Crippen LogP contribution >= 0.6 is 0 Å². The van der Waals surface area contributed by atoms with E-state index in [2.05, 4.69) is 0 Å². The van der Waals surface area contributed by atoms with Crippen molar-refractivity contribution in [3.05, 3.63) is 161 Å². The highest BCUT2D eigenvalue weighted by Gasteiger charge is 2.47. The summed E-state index contributed by atoms with van der Waals surface area (Å²) in [7, 11) is 0. The standard InChI is InChI=1S/C38H31NO5/c1-25-11-9-15-30(21-25)39-35(28-14-10-18-32(23-28)44-31-16-7-4-8-17-31)34(37(41)38(39)42)36(40)29-19-20-33(26(2)22-29)43-24-27-12-5-3-6-13-27/h3-23,35,40H,24H2,1-2H3/b36-34+. The molecular weight excluding hydrogens is 550 g/mol. The molecule has 1 heterocycles. The van der Waals surface area contributed by atoms with Crippen LogP contribution < -0.4 is 14.4 Å². The van der Waals surface area contributed by atoms with Crippen LogP contribution in [0.2, 0.25) is 0 Å². The molecule has 1 aliphatic heterocycles. The minimum Gasteiger partial charge on any atom is -0.507 e. The molecule has 1 fully saturated rings. The van der Waals surface area contributed by atoms with Gasteiger partial charge in [-0.15, -0.1) is 0 Å². The van der Waals surface area contributed by atoms with Crippen LogP contribution in [0.5, 0.6) is 17.2 Å². The number of para-hydroxylation sites is 1. The molecule has 5 aromatic carbocycles. The van der Waals surface area contributed by atoms with Gasteiger partial charge in [0.2, 0.25) is 0 Å². The number of rotatable bonds is 8. The third kappa shape index (κ3) is 5.83. The lowest BCUT2D eigenvalue weighted by Crippen LogP contribution is -2.29. The molecule has 1 amide bonds. The smallest absolute Gasteiger partial charge is 0.300 e. The Morgan fingerprint density at radius 2 is 1.45 bits per heavy atom. The number of amides is 1. The topological polar surface area (TPSA) is 76.1 Å². The van der Waals surface area contributed by atoms with E-state index in [4.69, 9.17) is 9.47 Å². The van der Waals surface area contributed by atoms with Crippen LogP contribution in [0.1, 0.15) is 33.9 Å². The summed E-state index contributed by atoms with van der Waals surface area (Å²) in [6.07, 6.45) is 0. The number of aliphatic hydroxyl groups excluding tert-OH is 1. The predicted molar refractivity (Wildman–Crippen MR) is 171 cm³/mol. The highest BCUT2D eigenvalue weighted by molar-refractivity contribution is 6.51. The van der Waals surface area contributed by atoms with E-state index in [0.717, 1.165) is 16.7 Å². The molecule has 1 aliphatic rings. The van der Waals surface area contributed by atoms with Crippen molar-refractivity contribution in [2.75, 3.05) is 4.90 Å². The number of carbonyl (C=O) groups excluding carboxylic acids is 2. The number of ether oxygens (including phenoxy) is 2. The van der Waals surface area contributed by atoms with Gasteiger partial charge in [-0.3, -0.25) is 14.5 Å². The Balaban J connectivity index is 1.41. The second-order valence-electron chi connectivity index (χ2n) is 10.8. The molecule has 0 saturated carbocycles.